The molecule has 0 radical (unpaired) electrons. The molecule has 0 amide bonds. The van der Waals surface area contributed by atoms with Crippen LogP contribution in [0.4, 0.5) is 0 Å². The summed E-state index contributed by atoms with van der Waals surface area (Å²) in [6, 6.07) is 1.85. The third-order valence-corrected chi connectivity index (χ3v) is 1.87. The van der Waals surface area contributed by atoms with Crippen molar-refractivity contribution >= 4 is 5.78 Å². The Bertz CT molecular complexity index is 350. The van der Waals surface area contributed by atoms with E-state index in [1.807, 2.05) is 13.0 Å². The van der Waals surface area contributed by atoms with Crippen molar-refractivity contribution in [3.8, 4) is 6.07 Å². The Morgan fingerprint density at radius 2 is 2.50 bits per heavy atom. The predicted molar refractivity (Wildman–Crippen MR) is 49.3 cm³/mol. The zero-order valence-corrected chi connectivity index (χ0v) is 8.10. The summed E-state index contributed by atoms with van der Waals surface area (Å²) in [5, 5.41) is 12.3. The van der Waals surface area contributed by atoms with Gasteiger partial charge in [-0.1, -0.05) is 6.92 Å². The summed E-state index contributed by atoms with van der Waals surface area (Å²) in [4.78, 5) is 14.7. The number of ketones is 1. The fourth-order valence-electron chi connectivity index (χ4n) is 1.07. The highest BCUT2D eigenvalue weighted by molar-refractivity contribution is 5.77. The Morgan fingerprint density at radius 1 is 1.71 bits per heavy atom. The first-order valence-electron chi connectivity index (χ1n) is 4.57. The van der Waals surface area contributed by atoms with Crippen molar-refractivity contribution in [2.75, 3.05) is 0 Å². The number of aromatic nitrogens is 3. The van der Waals surface area contributed by atoms with Crippen LogP contribution in [0.1, 0.15) is 32.0 Å². The van der Waals surface area contributed by atoms with Crippen molar-refractivity contribution < 1.29 is 4.79 Å². The van der Waals surface area contributed by atoms with E-state index in [1.165, 1.54) is 6.33 Å². The minimum Gasteiger partial charge on any atom is -0.300 e. The van der Waals surface area contributed by atoms with Gasteiger partial charge in [0.25, 0.3) is 5.82 Å². The molecule has 5 nitrogen and oxygen atoms in total. The van der Waals surface area contributed by atoms with Gasteiger partial charge < -0.3 is 0 Å². The second kappa shape index (κ2) is 5.12. The van der Waals surface area contributed by atoms with Crippen LogP contribution in [0.3, 0.4) is 0 Å². The molecule has 5 heteroatoms. The van der Waals surface area contributed by atoms with Gasteiger partial charge in [-0.25, -0.2) is 4.98 Å². The maximum Gasteiger partial charge on any atom is 0.252 e. The second-order valence-corrected chi connectivity index (χ2v) is 2.94. The van der Waals surface area contributed by atoms with Crippen molar-refractivity contribution in [3.05, 3.63) is 12.2 Å². The molecule has 0 N–H and O–H groups in total. The lowest BCUT2D eigenvalue weighted by Gasteiger charge is -1.98. The predicted octanol–water partition coefficient (Wildman–Crippen LogP) is 0.909. The Labute approximate surface area is 82.4 Å². The summed E-state index contributed by atoms with van der Waals surface area (Å²) in [5.41, 5.74) is 0. The lowest BCUT2D eigenvalue weighted by atomic mass is 10.2. The molecule has 0 fully saturated rings. The molecule has 0 atom stereocenters. The third-order valence-electron chi connectivity index (χ3n) is 1.87. The van der Waals surface area contributed by atoms with E-state index in [0.29, 0.717) is 19.4 Å². The number of carbonyl (C=O) groups is 1. The van der Waals surface area contributed by atoms with Crippen LogP contribution >= 0.6 is 0 Å². The fraction of sp³-hybridized carbons (Fsp3) is 0.556. The molecule has 0 saturated carbocycles. The maximum atomic E-state index is 11.0. The molecule has 0 aliphatic rings. The van der Waals surface area contributed by atoms with Crippen LogP contribution < -0.4 is 0 Å². The molecule has 0 unspecified atom stereocenters. The molecule has 74 valence electrons. The zero-order valence-electron chi connectivity index (χ0n) is 8.10. The van der Waals surface area contributed by atoms with Crippen molar-refractivity contribution in [2.45, 2.75) is 32.7 Å². The number of carbonyl (C=O) groups excluding carboxylic acids is 1. The summed E-state index contributed by atoms with van der Waals surface area (Å²) in [5.74, 6) is 0.428. The average molecular weight is 192 g/mol. The normalized spacial score (nSPS) is 9.71. The van der Waals surface area contributed by atoms with Crippen LogP contribution in [-0.4, -0.2) is 20.5 Å². The highest BCUT2D eigenvalue weighted by atomic mass is 16.1. The van der Waals surface area contributed by atoms with Crippen LogP contribution in [0, 0.1) is 11.3 Å². The average Bonchev–Trinajstić information content (AvgIpc) is 2.65. The molecule has 0 aliphatic heterocycles. The Balaban J connectivity index is 2.32. The zero-order chi connectivity index (χ0) is 10.4. The lowest BCUT2D eigenvalue weighted by molar-refractivity contribution is -0.118. The number of hydrogen-bond donors (Lipinski definition) is 0. The summed E-state index contributed by atoms with van der Waals surface area (Å²) in [6.45, 7) is 2.49. The molecular weight excluding hydrogens is 180 g/mol. The molecule has 1 aromatic heterocycles. The minimum absolute atomic E-state index is 0.173. The van der Waals surface area contributed by atoms with Crippen molar-refractivity contribution in [1.29, 1.82) is 5.26 Å². The molecule has 1 heterocycles. The van der Waals surface area contributed by atoms with Gasteiger partial charge in [-0.15, -0.1) is 5.10 Å². The maximum absolute atomic E-state index is 11.0. The second-order valence-electron chi connectivity index (χ2n) is 2.94. The first-order valence-corrected chi connectivity index (χ1v) is 4.57. The number of Topliss-reactive ketones (excluding diaryl/α,β-unsaturated/α-hetero) is 1. The summed E-state index contributed by atoms with van der Waals surface area (Å²) >= 11 is 0. The molecular formula is C9H12N4O. The molecule has 0 aliphatic carbocycles. The van der Waals surface area contributed by atoms with E-state index in [2.05, 4.69) is 10.1 Å². The number of hydrogen-bond acceptors (Lipinski definition) is 4. The molecule has 0 spiro atoms. The van der Waals surface area contributed by atoms with Gasteiger partial charge >= 0.3 is 0 Å². The number of aryl methyl sites for hydroxylation is 1. The molecule has 0 saturated heterocycles. The monoisotopic (exact) mass is 192 g/mol. The van der Waals surface area contributed by atoms with E-state index in [0.717, 1.165) is 6.42 Å². The van der Waals surface area contributed by atoms with Crippen LogP contribution in [0.15, 0.2) is 6.33 Å². The van der Waals surface area contributed by atoms with Crippen molar-refractivity contribution in [1.82, 2.24) is 14.8 Å². The highest BCUT2D eigenvalue weighted by Gasteiger charge is 2.00. The van der Waals surface area contributed by atoms with E-state index in [9.17, 15) is 4.79 Å². The molecule has 14 heavy (non-hydrogen) atoms. The van der Waals surface area contributed by atoms with Gasteiger partial charge in [0.15, 0.2) is 0 Å². The van der Waals surface area contributed by atoms with Gasteiger partial charge in [-0.2, -0.15) is 5.26 Å². The summed E-state index contributed by atoms with van der Waals surface area (Å²) in [7, 11) is 0. The largest absolute Gasteiger partial charge is 0.300 e. The molecule has 0 bridgehead atoms. The van der Waals surface area contributed by atoms with Crippen LogP contribution in [-0.2, 0) is 11.3 Å². The Morgan fingerprint density at radius 3 is 3.07 bits per heavy atom. The Kier molecular flexibility index (Phi) is 3.80. The minimum atomic E-state index is 0.173. The number of nitriles is 1. The quantitative estimate of drug-likeness (QED) is 0.695. The van der Waals surface area contributed by atoms with Gasteiger partial charge in [-0.05, 0) is 6.42 Å². The SMILES string of the molecule is CCC(=O)CCCn1cnc(C#N)n1. The van der Waals surface area contributed by atoms with Crippen LogP contribution in [0.25, 0.3) is 0 Å². The van der Waals surface area contributed by atoms with Gasteiger partial charge in [0.1, 0.15) is 18.2 Å². The molecule has 1 aromatic rings. The van der Waals surface area contributed by atoms with E-state index in [4.69, 9.17) is 5.26 Å². The van der Waals surface area contributed by atoms with Crippen molar-refractivity contribution in [2.24, 2.45) is 0 Å². The van der Waals surface area contributed by atoms with Crippen LogP contribution in [0.5, 0.6) is 0 Å². The number of nitrogens with zero attached hydrogens (tertiary/aromatic N) is 4. The summed E-state index contributed by atoms with van der Waals surface area (Å²) < 4.78 is 1.58. The standard InChI is InChI=1S/C9H12N4O/c1-2-8(14)4-3-5-13-7-11-9(6-10)12-13/h7H,2-5H2,1H3. The van der Waals surface area contributed by atoms with Gasteiger partial charge in [-0.3, -0.25) is 9.48 Å². The van der Waals surface area contributed by atoms with E-state index in [-0.39, 0.29) is 11.6 Å². The summed E-state index contributed by atoms with van der Waals surface area (Å²) in [6.07, 6.45) is 3.41. The van der Waals surface area contributed by atoms with Gasteiger partial charge in [0.2, 0.25) is 0 Å². The van der Waals surface area contributed by atoms with E-state index in [1.54, 1.807) is 4.68 Å². The van der Waals surface area contributed by atoms with Crippen molar-refractivity contribution in [3.63, 3.8) is 0 Å². The smallest absolute Gasteiger partial charge is 0.252 e. The van der Waals surface area contributed by atoms with E-state index < -0.39 is 0 Å². The highest BCUT2D eigenvalue weighted by Crippen LogP contribution is 1.97. The lowest BCUT2D eigenvalue weighted by Crippen LogP contribution is -2.02. The van der Waals surface area contributed by atoms with Gasteiger partial charge in [0, 0.05) is 19.4 Å². The third kappa shape index (κ3) is 2.98. The molecule has 1 rings (SSSR count). The number of rotatable bonds is 5. The first kappa shape index (κ1) is 10.4. The molecule has 0 aromatic carbocycles. The van der Waals surface area contributed by atoms with Crippen LogP contribution in [0.2, 0.25) is 0 Å². The van der Waals surface area contributed by atoms with E-state index >= 15 is 0 Å². The fourth-order valence-corrected chi connectivity index (χ4v) is 1.07. The first-order chi connectivity index (χ1) is 6.76. The van der Waals surface area contributed by atoms with Gasteiger partial charge in [0.05, 0.1) is 0 Å². The Hall–Kier alpha value is -1.70. The topological polar surface area (TPSA) is 71.6 Å².